The number of thiazole rings is 1. The molecule has 0 aliphatic carbocycles. The number of rotatable bonds is 6. The zero-order valence-electron chi connectivity index (χ0n) is 14.8. The van der Waals surface area contributed by atoms with E-state index >= 15 is 0 Å². The van der Waals surface area contributed by atoms with Crippen molar-refractivity contribution in [3.05, 3.63) is 40.8 Å². The molecule has 3 aromatic heterocycles. The lowest BCUT2D eigenvalue weighted by Crippen LogP contribution is -2.14. The van der Waals surface area contributed by atoms with Crippen molar-refractivity contribution in [2.75, 3.05) is 5.32 Å². The van der Waals surface area contributed by atoms with Gasteiger partial charge in [0.15, 0.2) is 11.4 Å². The summed E-state index contributed by atoms with van der Waals surface area (Å²) in [5, 5.41) is 4.11. The van der Waals surface area contributed by atoms with Crippen LogP contribution < -0.4 is 5.32 Å². The molecule has 25 heavy (non-hydrogen) atoms. The number of nitrogens with zero attached hydrogens (tertiary/aromatic N) is 4. The van der Waals surface area contributed by atoms with Crippen LogP contribution >= 0.6 is 11.3 Å². The summed E-state index contributed by atoms with van der Waals surface area (Å²) in [6.07, 6.45) is 2.21. The molecule has 0 spiro atoms. The van der Waals surface area contributed by atoms with Crippen LogP contribution in [0, 0.1) is 12.8 Å². The van der Waals surface area contributed by atoms with Gasteiger partial charge in [-0.1, -0.05) is 19.9 Å². The van der Waals surface area contributed by atoms with Crippen LogP contribution in [0.15, 0.2) is 24.4 Å². The van der Waals surface area contributed by atoms with Crippen molar-refractivity contribution in [2.24, 2.45) is 5.92 Å². The van der Waals surface area contributed by atoms with E-state index in [1.165, 1.54) is 11.3 Å². The summed E-state index contributed by atoms with van der Waals surface area (Å²) in [5.41, 5.74) is 1.91. The topological polar surface area (TPSA) is 80.7 Å². The Hall–Kier alpha value is -2.41. The normalized spacial score (nSPS) is 12.5. The molecule has 0 unspecified atom stereocenters. The first-order chi connectivity index (χ1) is 11.9. The lowest BCUT2D eigenvalue weighted by Gasteiger charge is -2.14. The molecule has 0 saturated heterocycles. The van der Waals surface area contributed by atoms with Gasteiger partial charge in [0.1, 0.15) is 10.4 Å². The highest BCUT2D eigenvalue weighted by Gasteiger charge is 2.20. The van der Waals surface area contributed by atoms with Gasteiger partial charge in [0.05, 0.1) is 16.7 Å². The van der Waals surface area contributed by atoms with Crippen LogP contribution in [0.2, 0.25) is 0 Å². The molecule has 0 bridgehead atoms. The number of fused-ring (bicyclic) bond motifs is 1. The number of aromatic nitrogens is 4. The van der Waals surface area contributed by atoms with Crippen molar-refractivity contribution in [1.82, 2.24) is 19.9 Å². The first-order valence-electron chi connectivity index (χ1n) is 8.30. The number of nitrogens with one attached hydrogen (secondary N) is 1. The van der Waals surface area contributed by atoms with Gasteiger partial charge >= 0.3 is 0 Å². The van der Waals surface area contributed by atoms with Crippen LogP contribution in [-0.2, 0) is 0 Å². The number of ketones is 1. The molecular weight excluding hydrogens is 334 g/mol. The van der Waals surface area contributed by atoms with Crippen molar-refractivity contribution in [1.29, 1.82) is 0 Å². The molecule has 3 rings (SSSR count). The highest BCUT2D eigenvalue weighted by atomic mass is 32.1. The number of aryl methyl sites for hydroxylation is 1. The number of carbonyl (C=O) groups excluding carboxylic acids is 1. The maximum absolute atomic E-state index is 12.6. The van der Waals surface area contributed by atoms with Crippen molar-refractivity contribution < 1.29 is 4.79 Å². The van der Waals surface area contributed by atoms with Gasteiger partial charge in [-0.15, -0.1) is 11.3 Å². The minimum atomic E-state index is -0.0774. The molecule has 1 N–H and O–H groups in total. The Morgan fingerprint density at radius 1 is 1.20 bits per heavy atom. The maximum Gasteiger partial charge on any atom is 0.226 e. The summed E-state index contributed by atoms with van der Waals surface area (Å²) in [6.45, 7) is 7.94. The summed E-state index contributed by atoms with van der Waals surface area (Å²) in [6, 6.07) is 5.67. The highest BCUT2D eigenvalue weighted by molar-refractivity contribution is 7.18. The minimum absolute atomic E-state index is 0.0274. The predicted octanol–water partition coefficient (Wildman–Crippen LogP) is 4.19. The van der Waals surface area contributed by atoms with E-state index in [2.05, 4.69) is 25.3 Å². The van der Waals surface area contributed by atoms with Crippen LogP contribution in [0.5, 0.6) is 0 Å². The monoisotopic (exact) mass is 355 g/mol. The molecule has 0 fully saturated rings. The van der Waals surface area contributed by atoms with E-state index in [0.717, 1.165) is 15.4 Å². The van der Waals surface area contributed by atoms with Gasteiger partial charge in [-0.3, -0.25) is 9.78 Å². The Morgan fingerprint density at radius 2 is 2.00 bits per heavy atom. The van der Waals surface area contributed by atoms with E-state index in [0.29, 0.717) is 23.7 Å². The number of hydrogen-bond acceptors (Lipinski definition) is 7. The molecule has 3 aromatic rings. The molecule has 1 atom stereocenters. The van der Waals surface area contributed by atoms with Gasteiger partial charge in [0.25, 0.3) is 0 Å². The first kappa shape index (κ1) is 17.4. The van der Waals surface area contributed by atoms with E-state index in [1.807, 2.05) is 45.9 Å². The van der Waals surface area contributed by atoms with Gasteiger partial charge in [-0.2, -0.15) is 4.98 Å². The molecule has 7 heteroatoms. The fraction of sp³-hybridized carbons (Fsp3) is 0.389. The minimum Gasteiger partial charge on any atom is -0.346 e. The van der Waals surface area contributed by atoms with Crippen molar-refractivity contribution >= 4 is 33.4 Å². The van der Waals surface area contributed by atoms with E-state index in [1.54, 1.807) is 6.20 Å². The number of pyridine rings is 1. The Labute approximate surface area is 150 Å². The number of hydrogen-bond donors (Lipinski definition) is 1. The molecule has 3 heterocycles. The third-order valence-corrected chi connectivity index (χ3v) is 4.66. The van der Waals surface area contributed by atoms with Crippen LogP contribution in [0.4, 0.5) is 5.95 Å². The standard InChI is InChI=1S/C18H21N5OS/c1-10(2)9-14(24)15-16-17(21-12(4)25-16)23-18(22-15)20-11(3)13-7-5-6-8-19-13/h5-8,10-11H,9H2,1-4H3,(H,20,22,23)/t11-/m0/s1. The number of Topliss-reactive ketones (excluding diaryl/α,β-unsaturated/α-hetero) is 1. The Morgan fingerprint density at radius 3 is 2.68 bits per heavy atom. The summed E-state index contributed by atoms with van der Waals surface area (Å²) in [5.74, 6) is 0.707. The fourth-order valence-electron chi connectivity index (χ4n) is 2.55. The second-order valence-corrected chi connectivity index (χ2v) is 7.63. The molecule has 130 valence electrons. The molecule has 0 aromatic carbocycles. The lowest BCUT2D eigenvalue weighted by molar-refractivity contribution is 0.0965. The summed E-state index contributed by atoms with van der Waals surface area (Å²) < 4.78 is 0.763. The predicted molar refractivity (Wildman–Crippen MR) is 100 cm³/mol. The van der Waals surface area contributed by atoms with E-state index < -0.39 is 0 Å². The summed E-state index contributed by atoms with van der Waals surface area (Å²) in [7, 11) is 0. The average Bonchev–Trinajstić information content (AvgIpc) is 2.94. The Bertz CT molecular complexity index is 891. The maximum atomic E-state index is 12.6. The molecular formula is C18H21N5OS. The molecule has 0 radical (unpaired) electrons. The van der Waals surface area contributed by atoms with Crippen LogP contribution in [0.25, 0.3) is 10.3 Å². The molecule has 6 nitrogen and oxygen atoms in total. The quantitative estimate of drug-likeness (QED) is 0.668. The van der Waals surface area contributed by atoms with Crippen LogP contribution in [-0.4, -0.2) is 25.7 Å². The number of anilines is 1. The third kappa shape index (κ3) is 3.99. The zero-order chi connectivity index (χ0) is 18.0. The second kappa shape index (κ2) is 7.23. The zero-order valence-corrected chi connectivity index (χ0v) is 15.6. The van der Waals surface area contributed by atoms with E-state index in [9.17, 15) is 4.79 Å². The summed E-state index contributed by atoms with van der Waals surface area (Å²) >= 11 is 1.46. The average molecular weight is 355 g/mol. The molecule has 0 aliphatic heterocycles. The van der Waals surface area contributed by atoms with Crippen molar-refractivity contribution in [3.63, 3.8) is 0 Å². The first-order valence-corrected chi connectivity index (χ1v) is 9.11. The smallest absolute Gasteiger partial charge is 0.226 e. The Kier molecular flexibility index (Phi) is 5.03. The van der Waals surface area contributed by atoms with Gasteiger partial charge in [0, 0.05) is 12.6 Å². The largest absolute Gasteiger partial charge is 0.346 e. The van der Waals surface area contributed by atoms with Crippen molar-refractivity contribution in [2.45, 2.75) is 40.2 Å². The van der Waals surface area contributed by atoms with Crippen LogP contribution in [0.1, 0.15) is 54.4 Å². The SMILES string of the molecule is Cc1nc2nc(N[C@@H](C)c3ccccn3)nc(C(=O)CC(C)C)c2s1. The number of carbonyl (C=O) groups is 1. The van der Waals surface area contributed by atoms with Gasteiger partial charge in [-0.05, 0) is 31.9 Å². The van der Waals surface area contributed by atoms with Crippen molar-refractivity contribution in [3.8, 4) is 0 Å². The molecule has 0 aliphatic rings. The van der Waals surface area contributed by atoms with E-state index in [-0.39, 0.29) is 17.7 Å². The highest BCUT2D eigenvalue weighted by Crippen LogP contribution is 2.27. The van der Waals surface area contributed by atoms with Gasteiger partial charge < -0.3 is 5.32 Å². The Balaban J connectivity index is 1.97. The third-order valence-electron chi connectivity index (χ3n) is 3.70. The lowest BCUT2D eigenvalue weighted by atomic mass is 10.1. The molecule has 0 saturated carbocycles. The second-order valence-electron chi connectivity index (χ2n) is 6.42. The van der Waals surface area contributed by atoms with Gasteiger partial charge in [0.2, 0.25) is 5.95 Å². The van der Waals surface area contributed by atoms with E-state index in [4.69, 9.17) is 0 Å². The van der Waals surface area contributed by atoms with Gasteiger partial charge in [-0.25, -0.2) is 9.97 Å². The molecule has 0 amide bonds. The summed E-state index contributed by atoms with van der Waals surface area (Å²) in [4.78, 5) is 30.4. The fourth-order valence-corrected chi connectivity index (χ4v) is 3.42. The van der Waals surface area contributed by atoms with Crippen LogP contribution in [0.3, 0.4) is 0 Å².